The Morgan fingerprint density at radius 3 is 2.62 bits per heavy atom. The average molecular weight is 357 g/mol. The molecule has 2 aromatic rings. The van der Waals surface area contributed by atoms with Gasteiger partial charge in [0.15, 0.2) is 5.82 Å². The van der Waals surface area contributed by atoms with Crippen molar-refractivity contribution in [3.05, 3.63) is 30.5 Å². The lowest BCUT2D eigenvalue weighted by atomic mass is 10.1. The van der Waals surface area contributed by atoms with Gasteiger partial charge < -0.3 is 20.7 Å². The minimum Gasteiger partial charge on any atom is -0.497 e. The van der Waals surface area contributed by atoms with Crippen molar-refractivity contribution in [2.24, 2.45) is 5.84 Å². The normalized spacial score (nSPS) is 14.8. The molecule has 1 aliphatic heterocycles. The van der Waals surface area contributed by atoms with Crippen LogP contribution in [0.25, 0.3) is 0 Å². The second kappa shape index (κ2) is 7.87. The summed E-state index contributed by atoms with van der Waals surface area (Å²) in [6.45, 7) is 1.44. The lowest BCUT2D eigenvalue weighted by Gasteiger charge is -2.30. The van der Waals surface area contributed by atoms with Crippen molar-refractivity contribution < 1.29 is 9.53 Å². The number of methoxy groups -OCH3 is 1. The van der Waals surface area contributed by atoms with E-state index in [4.69, 9.17) is 16.3 Å². The predicted molar refractivity (Wildman–Crippen MR) is 100 cm³/mol. The third-order valence-electron chi connectivity index (χ3n) is 4.39. The van der Waals surface area contributed by atoms with Gasteiger partial charge in [0.1, 0.15) is 5.75 Å². The van der Waals surface area contributed by atoms with Gasteiger partial charge in [0.25, 0.3) is 0 Å². The Morgan fingerprint density at radius 1 is 1.31 bits per heavy atom. The second-order valence-corrected chi connectivity index (χ2v) is 6.10. The Labute approximate surface area is 151 Å². The number of hydrogen-bond donors (Lipinski definition) is 3. The summed E-state index contributed by atoms with van der Waals surface area (Å²) in [6, 6.07) is 7.47. The molecule has 0 saturated carbocycles. The van der Waals surface area contributed by atoms with Gasteiger partial charge in [-0.05, 0) is 37.1 Å². The van der Waals surface area contributed by atoms with E-state index in [0.29, 0.717) is 17.5 Å². The number of likely N-dealkylation sites (tertiary alicyclic amines) is 1. The van der Waals surface area contributed by atoms with Gasteiger partial charge in [0.05, 0.1) is 24.7 Å². The maximum absolute atomic E-state index is 10.8. The number of carbonyl (C=O) groups is 1. The summed E-state index contributed by atoms with van der Waals surface area (Å²) >= 11 is 0. The highest BCUT2D eigenvalue weighted by molar-refractivity contribution is 5.70. The molecule has 9 heteroatoms. The summed E-state index contributed by atoms with van der Waals surface area (Å²) in [6.07, 6.45) is 4.10. The molecular formula is C17H23N7O2. The van der Waals surface area contributed by atoms with Crippen LogP contribution in [-0.2, 0) is 4.79 Å². The number of anilines is 4. The number of carbonyl (C=O) groups excluding carboxylic acids is 1. The zero-order chi connectivity index (χ0) is 18.5. The Bertz CT molecular complexity index is 745. The molecule has 1 aliphatic rings. The molecule has 1 aromatic heterocycles. The van der Waals surface area contributed by atoms with Crippen molar-refractivity contribution in [3.8, 4) is 5.75 Å². The van der Waals surface area contributed by atoms with E-state index in [-0.39, 0.29) is 6.04 Å². The SMILES string of the molecule is COc1ccc(N(N)c2nc(NC3CCN(C=O)CC3)ncc2N)cc1. The van der Waals surface area contributed by atoms with Gasteiger partial charge in [-0.2, -0.15) is 4.98 Å². The molecule has 1 fully saturated rings. The quantitative estimate of drug-likeness (QED) is 0.399. The van der Waals surface area contributed by atoms with E-state index in [1.807, 2.05) is 24.3 Å². The van der Waals surface area contributed by atoms with Crippen molar-refractivity contribution >= 4 is 29.6 Å². The first-order chi connectivity index (χ1) is 12.6. The van der Waals surface area contributed by atoms with Crippen LogP contribution in [0.3, 0.4) is 0 Å². The van der Waals surface area contributed by atoms with E-state index in [2.05, 4.69) is 15.3 Å². The van der Waals surface area contributed by atoms with Crippen LogP contribution in [-0.4, -0.2) is 47.5 Å². The fourth-order valence-electron chi connectivity index (χ4n) is 2.84. The Balaban J connectivity index is 1.73. The molecule has 0 atom stereocenters. The molecule has 0 radical (unpaired) electrons. The topological polar surface area (TPSA) is 123 Å². The molecule has 5 N–H and O–H groups in total. The van der Waals surface area contributed by atoms with E-state index < -0.39 is 0 Å². The second-order valence-electron chi connectivity index (χ2n) is 6.10. The number of ether oxygens (including phenoxy) is 1. The number of hydrazine groups is 1. The fourth-order valence-corrected chi connectivity index (χ4v) is 2.84. The molecule has 1 aromatic carbocycles. The lowest BCUT2D eigenvalue weighted by Crippen LogP contribution is -2.38. The number of benzene rings is 1. The monoisotopic (exact) mass is 357 g/mol. The average Bonchev–Trinajstić information content (AvgIpc) is 2.69. The largest absolute Gasteiger partial charge is 0.497 e. The van der Waals surface area contributed by atoms with Gasteiger partial charge >= 0.3 is 0 Å². The summed E-state index contributed by atoms with van der Waals surface area (Å²) in [7, 11) is 1.61. The highest BCUT2D eigenvalue weighted by atomic mass is 16.5. The van der Waals surface area contributed by atoms with Crippen molar-refractivity contribution in [2.45, 2.75) is 18.9 Å². The van der Waals surface area contributed by atoms with Crippen LogP contribution >= 0.6 is 0 Å². The number of nitrogen functional groups attached to an aromatic ring is 1. The summed E-state index contributed by atoms with van der Waals surface area (Å²) in [4.78, 5) is 21.3. The molecule has 1 amide bonds. The number of nitrogens with one attached hydrogen (secondary N) is 1. The number of nitrogens with zero attached hydrogens (tertiary/aromatic N) is 4. The molecule has 0 aliphatic carbocycles. The lowest BCUT2D eigenvalue weighted by molar-refractivity contribution is -0.118. The molecule has 9 nitrogen and oxygen atoms in total. The van der Waals surface area contributed by atoms with E-state index in [9.17, 15) is 4.79 Å². The van der Waals surface area contributed by atoms with Crippen molar-refractivity contribution in [3.63, 3.8) is 0 Å². The van der Waals surface area contributed by atoms with Gasteiger partial charge in [-0.25, -0.2) is 10.8 Å². The Morgan fingerprint density at radius 2 is 2.00 bits per heavy atom. The van der Waals surface area contributed by atoms with Crippen LogP contribution < -0.4 is 26.6 Å². The van der Waals surface area contributed by atoms with Gasteiger partial charge in [-0.15, -0.1) is 0 Å². The van der Waals surface area contributed by atoms with Gasteiger partial charge in [-0.1, -0.05) is 0 Å². The van der Waals surface area contributed by atoms with Crippen LogP contribution in [0.2, 0.25) is 0 Å². The Hall–Kier alpha value is -3.07. The zero-order valence-corrected chi connectivity index (χ0v) is 14.6. The van der Waals surface area contributed by atoms with Crippen LogP contribution in [0.4, 0.5) is 23.1 Å². The summed E-state index contributed by atoms with van der Waals surface area (Å²) < 4.78 is 5.15. The molecule has 1 saturated heterocycles. The number of nitrogens with two attached hydrogens (primary N) is 2. The maximum Gasteiger partial charge on any atom is 0.225 e. The summed E-state index contributed by atoms with van der Waals surface area (Å²) in [5.74, 6) is 7.81. The predicted octanol–water partition coefficient (Wildman–Crippen LogP) is 1.11. The molecule has 138 valence electrons. The first-order valence-electron chi connectivity index (χ1n) is 8.38. The molecule has 2 heterocycles. The smallest absolute Gasteiger partial charge is 0.225 e. The van der Waals surface area contributed by atoms with E-state index >= 15 is 0 Å². The van der Waals surface area contributed by atoms with E-state index in [0.717, 1.165) is 43.8 Å². The van der Waals surface area contributed by atoms with Gasteiger partial charge in [0, 0.05) is 19.1 Å². The fraction of sp³-hybridized carbons (Fsp3) is 0.353. The third-order valence-corrected chi connectivity index (χ3v) is 4.39. The number of piperidine rings is 1. The maximum atomic E-state index is 10.8. The number of rotatable bonds is 6. The zero-order valence-electron chi connectivity index (χ0n) is 14.6. The first-order valence-corrected chi connectivity index (χ1v) is 8.38. The van der Waals surface area contributed by atoms with Crippen LogP contribution in [0, 0.1) is 0 Å². The van der Waals surface area contributed by atoms with Crippen molar-refractivity contribution in [2.75, 3.05) is 36.3 Å². The molecule has 26 heavy (non-hydrogen) atoms. The van der Waals surface area contributed by atoms with Crippen molar-refractivity contribution in [1.82, 2.24) is 14.9 Å². The standard InChI is InChI=1S/C17H23N7O2/c1-26-14-4-2-13(3-5-14)24(19)16-15(18)10-20-17(22-16)21-12-6-8-23(11-25)9-7-12/h2-5,10-12H,6-9,18-19H2,1H3,(H,20,21,22). The van der Waals surface area contributed by atoms with Crippen LogP contribution in [0.1, 0.15) is 12.8 Å². The molecule has 3 rings (SSSR count). The minimum atomic E-state index is 0.204. The van der Waals surface area contributed by atoms with Crippen LogP contribution in [0.5, 0.6) is 5.75 Å². The summed E-state index contributed by atoms with van der Waals surface area (Å²) in [5, 5.41) is 4.71. The highest BCUT2D eigenvalue weighted by Gasteiger charge is 2.19. The number of amides is 1. The van der Waals surface area contributed by atoms with E-state index in [1.54, 1.807) is 12.0 Å². The molecule has 0 bridgehead atoms. The molecular weight excluding hydrogens is 334 g/mol. The molecule has 0 unspecified atom stereocenters. The summed E-state index contributed by atoms with van der Waals surface area (Å²) in [5.41, 5.74) is 7.11. The highest BCUT2D eigenvalue weighted by Crippen LogP contribution is 2.27. The van der Waals surface area contributed by atoms with Crippen LogP contribution in [0.15, 0.2) is 30.5 Å². The minimum absolute atomic E-state index is 0.204. The number of hydrogen-bond acceptors (Lipinski definition) is 8. The number of aromatic nitrogens is 2. The third kappa shape index (κ3) is 3.94. The Kier molecular flexibility index (Phi) is 5.37. The van der Waals surface area contributed by atoms with E-state index in [1.165, 1.54) is 11.2 Å². The molecule has 0 spiro atoms. The first kappa shape index (κ1) is 17.7. The van der Waals surface area contributed by atoms with Gasteiger partial charge in [0.2, 0.25) is 12.4 Å². The van der Waals surface area contributed by atoms with Gasteiger partial charge in [-0.3, -0.25) is 9.80 Å². The van der Waals surface area contributed by atoms with Crippen molar-refractivity contribution in [1.29, 1.82) is 0 Å².